The van der Waals surface area contributed by atoms with E-state index in [0.717, 1.165) is 12.1 Å². The molecule has 0 saturated heterocycles. The molecule has 0 spiro atoms. The van der Waals surface area contributed by atoms with Gasteiger partial charge in [0.1, 0.15) is 6.61 Å². The van der Waals surface area contributed by atoms with Gasteiger partial charge in [-0.1, -0.05) is 12.1 Å². The molecule has 0 aromatic heterocycles. The number of non-ortho nitro benzene ring substituents is 1. The Labute approximate surface area is 175 Å². The summed E-state index contributed by atoms with van der Waals surface area (Å²) in [5.41, 5.74) is 2.00. The Morgan fingerprint density at radius 2 is 1.77 bits per heavy atom. The standard InChI is InChI=1S/C21H26N4O5/c1-23(2)12-11-22-20(26)14-17-5-4-6-19(13-17)24(3)21(27)30-15-16-7-9-18(10-8-16)25(28)29/h4-10,13H,11-12,14-15H2,1-3H3,(H,22,26). The van der Waals surface area contributed by atoms with Crippen molar-refractivity contribution >= 4 is 23.4 Å². The number of amides is 2. The number of anilines is 1. The van der Waals surface area contributed by atoms with E-state index >= 15 is 0 Å². The van der Waals surface area contributed by atoms with Gasteiger partial charge >= 0.3 is 6.09 Å². The predicted octanol–water partition coefficient (Wildman–Crippen LogP) is 2.59. The molecule has 0 aliphatic heterocycles. The SMILES string of the molecule is CN(C)CCNC(=O)Cc1cccc(N(C)C(=O)OCc2ccc([N+](=O)[O-])cc2)c1. The normalized spacial score (nSPS) is 10.5. The lowest BCUT2D eigenvalue weighted by Crippen LogP contribution is -2.32. The molecular formula is C21H26N4O5. The molecule has 2 aromatic rings. The van der Waals surface area contributed by atoms with E-state index in [9.17, 15) is 19.7 Å². The Hall–Kier alpha value is -3.46. The van der Waals surface area contributed by atoms with E-state index in [-0.39, 0.29) is 24.6 Å². The van der Waals surface area contributed by atoms with Crippen molar-refractivity contribution in [2.45, 2.75) is 13.0 Å². The highest BCUT2D eigenvalue weighted by Gasteiger charge is 2.14. The smallest absolute Gasteiger partial charge is 0.414 e. The summed E-state index contributed by atoms with van der Waals surface area (Å²) < 4.78 is 5.27. The molecule has 9 nitrogen and oxygen atoms in total. The largest absolute Gasteiger partial charge is 0.444 e. The van der Waals surface area contributed by atoms with Crippen molar-refractivity contribution in [3.8, 4) is 0 Å². The van der Waals surface area contributed by atoms with E-state index in [1.807, 2.05) is 25.1 Å². The number of nitrogens with zero attached hydrogens (tertiary/aromatic N) is 3. The Kier molecular flexibility index (Phi) is 8.30. The van der Waals surface area contributed by atoms with Crippen LogP contribution < -0.4 is 10.2 Å². The van der Waals surface area contributed by atoms with Gasteiger partial charge in [0.25, 0.3) is 5.69 Å². The van der Waals surface area contributed by atoms with Crippen molar-refractivity contribution < 1.29 is 19.2 Å². The van der Waals surface area contributed by atoms with Crippen molar-refractivity contribution in [1.29, 1.82) is 0 Å². The average Bonchev–Trinajstić information content (AvgIpc) is 2.71. The second kappa shape index (κ2) is 10.9. The van der Waals surface area contributed by atoms with Gasteiger partial charge in [0, 0.05) is 38.0 Å². The summed E-state index contributed by atoms with van der Waals surface area (Å²) in [5, 5.41) is 13.5. The van der Waals surface area contributed by atoms with Crippen LogP contribution in [-0.2, 0) is 22.6 Å². The van der Waals surface area contributed by atoms with Crippen LogP contribution in [0.3, 0.4) is 0 Å². The van der Waals surface area contributed by atoms with E-state index < -0.39 is 11.0 Å². The van der Waals surface area contributed by atoms with Crippen LogP contribution in [0.15, 0.2) is 48.5 Å². The van der Waals surface area contributed by atoms with E-state index in [0.29, 0.717) is 17.8 Å². The Morgan fingerprint density at radius 3 is 2.40 bits per heavy atom. The van der Waals surface area contributed by atoms with Gasteiger partial charge in [0.05, 0.1) is 11.3 Å². The summed E-state index contributed by atoms with van der Waals surface area (Å²) in [5.74, 6) is -0.0857. The summed E-state index contributed by atoms with van der Waals surface area (Å²) in [6.07, 6.45) is -0.353. The van der Waals surface area contributed by atoms with Crippen LogP contribution in [0, 0.1) is 10.1 Å². The molecule has 0 bridgehead atoms. The number of carbonyl (C=O) groups is 2. The fourth-order valence-corrected chi connectivity index (χ4v) is 2.60. The van der Waals surface area contributed by atoms with Gasteiger partial charge in [-0.05, 0) is 49.5 Å². The molecule has 1 N–H and O–H groups in total. The minimum Gasteiger partial charge on any atom is -0.444 e. The molecular weight excluding hydrogens is 388 g/mol. The molecule has 0 saturated carbocycles. The summed E-state index contributed by atoms with van der Waals surface area (Å²) in [4.78, 5) is 37.9. The van der Waals surface area contributed by atoms with Crippen LogP contribution >= 0.6 is 0 Å². The minimum atomic E-state index is -0.569. The van der Waals surface area contributed by atoms with Gasteiger partial charge in [-0.25, -0.2) is 4.79 Å². The number of carbonyl (C=O) groups excluding carboxylic acids is 2. The topological polar surface area (TPSA) is 105 Å². The van der Waals surface area contributed by atoms with Crippen LogP contribution in [0.5, 0.6) is 0 Å². The van der Waals surface area contributed by atoms with Crippen LogP contribution in [0.2, 0.25) is 0 Å². The number of likely N-dealkylation sites (N-methyl/N-ethyl adjacent to an activating group) is 1. The van der Waals surface area contributed by atoms with E-state index in [1.54, 1.807) is 37.4 Å². The number of hydrogen-bond acceptors (Lipinski definition) is 6. The summed E-state index contributed by atoms with van der Waals surface area (Å²) in [6, 6.07) is 12.9. The molecule has 0 atom stereocenters. The Morgan fingerprint density at radius 1 is 1.07 bits per heavy atom. The van der Waals surface area contributed by atoms with Crippen LogP contribution in [0.1, 0.15) is 11.1 Å². The monoisotopic (exact) mass is 414 g/mol. The third-order valence-corrected chi connectivity index (χ3v) is 4.33. The van der Waals surface area contributed by atoms with Gasteiger partial charge in [0.15, 0.2) is 0 Å². The van der Waals surface area contributed by atoms with Crippen molar-refractivity contribution in [3.63, 3.8) is 0 Å². The summed E-state index contributed by atoms with van der Waals surface area (Å²) in [7, 11) is 5.45. The third-order valence-electron chi connectivity index (χ3n) is 4.33. The van der Waals surface area contributed by atoms with Crippen molar-refractivity contribution in [2.24, 2.45) is 0 Å². The van der Waals surface area contributed by atoms with E-state index in [4.69, 9.17) is 4.74 Å². The van der Waals surface area contributed by atoms with Gasteiger partial charge < -0.3 is 15.0 Å². The van der Waals surface area contributed by atoms with Crippen molar-refractivity contribution in [1.82, 2.24) is 10.2 Å². The summed E-state index contributed by atoms with van der Waals surface area (Å²) >= 11 is 0. The molecule has 2 amide bonds. The molecule has 0 fully saturated rings. The zero-order valence-corrected chi connectivity index (χ0v) is 17.3. The zero-order chi connectivity index (χ0) is 22.1. The first kappa shape index (κ1) is 22.8. The van der Waals surface area contributed by atoms with Gasteiger partial charge in [-0.3, -0.25) is 19.8 Å². The lowest BCUT2D eigenvalue weighted by Gasteiger charge is -2.18. The summed E-state index contributed by atoms with van der Waals surface area (Å²) in [6.45, 7) is 1.32. The predicted molar refractivity (Wildman–Crippen MR) is 113 cm³/mol. The zero-order valence-electron chi connectivity index (χ0n) is 17.3. The van der Waals surface area contributed by atoms with Crippen LogP contribution in [0.4, 0.5) is 16.2 Å². The lowest BCUT2D eigenvalue weighted by molar-refractivity contribution is -0.384. The molecule has 160 valence electrons. The molecule has 0 heterocycles. The number of nitro groups is 1. The molecule has 2 rings (SSSR count). The molecule has 2 aromatic carbocycles. The molecule has 9 heteroatoms. The number of nitro benzene ring substituents is 1. The number of hydrogen-bond donors (Lipinski definition) is 1. The highest BCUT2D eigenvalue weighted by Crippen LogP contribution is 2.17. The maximum atomic E-state index is 12.3. The third kappa shape index (κ3) is 7.17. The first-order chi connectivity index (χ1) is 14.3. The first-order valence-electron chi connectivity index (χ1n) is 9.40. The van der Waals surface area contributed by atoms with Crippen LogP contribution in [-0.4, -0.2) is 56.1 Å². The van der Waals surface area contributed by atoms with E-state index in [2.05, 4.69) is 5.32 Å². The quantitative estimate of drug-likeness (QED) is 0.499. The maximum Gasteiger partial charge on any atom is 0.414 e. The number of rotatable bonds is 9. The fourth-order valence-electron chi connectivity index (χ4n) is 2.60. The maximum absolute atomic E-state index is 12.3. The molecule has 0 aliphatic rings. The Bertz CT molecular complexity index is 883. The van der Waals surface area contributed by atoms with Crippen molar-refractivity contribution in [3.05, 3.63) is 69.8 Å². The molecule has 0 radical (unpaired) electrons. The highest BCUT2D eigenvalue weighted by atomic mass is 16.6. The van der Waals surface area contributed by atoms with Crippen molar-refractivity contribution in [2.75, 3.05) is 39.1 Å². The fraction of sp³-hybridized carbons (Fsp3) is 0.333. The second-order valence-electron chi connectivity index (χ2n) is 7.04. The number of ether oxygens (including phenoxy) is 1. The minimum absolute atomic E-state index is 0.00482. The molecule has 30 heavy (non-hydrogen) atoms. The van der Waals surface area contributed by atoms with Gasteiger partial charge in [0.2, 0.25) is 5.91 Å². The lowest BCUT2D eigenvalue weighted by atomic mass is 10.1. The number of benzene rings is 2. The highest BCUT2D eigenvalue weighted by molar-refractivity contribution is 5.87. The second-order valence-corrected chi connectivity index (χ2v) is 7.04. The average molecular weight is 414 g/mol. The van der Waals surface area contributed by atoms with E-state index in [1.165, 1.54) is 17.0 Å². The molecule has 0 aliphatic carbocycles. The van der Waals surface area contributed by atoms with Gasteiger partial charge in [-0.15, -0.1) is 0 Å². The number of nitrogens with one attached hydrogen (secondary N) is 1. The first-order valence-corrected chi connectivity index (χ1v) is 9.40. The van der Waals surface area contributed by atoms with Gasteiger partial charge in [-0.2, -0.15) is 0 Å². The van der Waals surface area contributed by atoms with Crippen LogP contribution in [0.25, 0.3) is 0 Å². The Balaban J connectivity index is 1.90. The molecule has 0 unspecified atom stereocenters.